The Balaban J connectivity index is 1.54. The molecule has 5 nitrogen and oxygen atoms in total. The van der Waals surface area contributed by atoms with Gasteiger partial charge in [-0.3, -0.25) is 4.79 Å². The fourth-order valence-electron chi connectivity index (χ4n) is 3.12. The van der Waals surface area contributed by atoms with Crippen molar-refractivity contribution < 1.29 is 9.32 Å². The van der Waals surface area contributed by atoms with E-state index in [0.717, 1.165) is 16.1 Å². The van der Waals surface area contributed by atoms with Gasteiger partial charge in [-0.25, -0.2) is 0 Å². The van der Waals surface area contributed by atoms with Crippen LogP contribution in [0.5, 0.6) is 0 Å². The van der Waals surface area contributed by atoms with Crippen LogP contribution < -0.4 is 4.90 Å². The lowest BCUT2D eigenvalue weighted by Crippen LogP contribution is -2.24. The van der Waals surface area contributed by atoms with E-state index in [1.165, 1.54) is 5.56 Å². The molecule has 1 aromatic heterocycles. The minimum absolute atomic E-state index is 0.0767. The second-order valence-electron chi connectivity index (χ2n) is 6.43. The molecular formula is C20H19N3O2S. The maximum atomic E-state index is 12.5. The van der Waals surface area contributed by atoms with E-state index in [1.54, 1.807) is 16.7 Å². The molecule has 1 aliphatic heterocycles. The Labute approximate surface area is 156 Å². The molecular weight excluding hydrogens is 346 g/mol. The number of amides is 1. The van der Waals surface area contributed by atoms with Crippen molar-refractivity contribution in [2.45, 2.75) is 24.2 Å². The number of carbonyl (C=O) groups excluding carboxylic acids is 1. The van der Waals surface area contributed by atoms with Crippen LogP contribution >= 0.6 is 11.8 Å². The summed E-state index contributed by atoms with van der Waals surface area (Å²) in [7, 11) is 0. The Kier molecular flexibility index (Phi) is 4.51. The molecule has 1 fully saturated rings. The summed E-state index contributed by atoms with van der Waals surface area (Å²) in [6.45, 7) is 2.60. The summed E-state index contributed by atoms with van der Waals surface area (Å²) >= 11 is 1.66. The minimum Gasteiger partial charge on any atom is -0.339 e. The number of carbonyl (C=O) groups is 1. The molecule has 1 unspecified atom stereocenters. The van der Waals surface area contributed by atoms with Gasteiger partial charge in [0.1, 0.15) is 0 Å². The molecule has 0 spiro atoms. The van der Waals surface area contributed by atoms with Crippen LogP contribution in [0.15, 0.2) is 57.9 Å². The zero-order valence-electron chi connectivity index (χ0n) is 14.7. The van der Waals surface area contributed by atoms with Gasteiger partial charge in [0.25, 0.3) is 0 Å². The first-order valence-electron chi connectivity index (χ1n) is 8.49. The molecule has 3 aromatic rings. The Morgan fingerprint density at radius 2 is 2.00 bits per heavy atom. The van der Waals surface area contributed by atoms with Crippen LogP contribution in [-0.2, 0) is 4.79 Å². The number of aryl methyl sites for hydroxylation is 1. The zero-order chi connectivity index (χ0) is 18.1. The van der Waals surface area contributed by atoms with Gasteiger partial charge in [0.05, 0.1) is 5.92 Å². The van der Waals surface area contributed by atoms with E-state index in [9.17, 15) is 4.79 Å². The molecule has 26 heavy (non-hydrogen) atoms. The monoisotopic (exact) mass is 365 g/mol. The van der Waals surface area contributed by atoms with Crippen LogP contribution in [-0.4, -0.2) is 28.8 Å². The van der Waals surface area contributed by atoms with Crippen molar-refractivity contribution in [2.24, 2.45) is 0 Å². The number of aromatic nitrogens is 2. The highest BCUT2D eigenvalue weighted by Crippen LogP contribution is 2.33. The van der Waals surface area contributed by atoms with Crippen molar-refractivity contribution in [1.82, 2.24) is 10.1 Å². The highest BCUT2D eigenvalue weighted by atomic mass is 32.2. The van der Waals surface area contributed by atoms with Crippen LogP contribution in [0.25, 0.3) is 11.4 Å². The van der Waals surface area contributed by atoms with Gasteiger partial charge in [-0.2, -0.15) is 4.98 Å². The van der Waals surface area contributed by atoms with Crippen molar-refractivity contribution >= 4 is 23.4 Å². The summed E-state index contributed by atoms with van der Waals surface area (Å²) in [5.41, 5.74) is 3.02. The van der Waals surface area contributed by atoms with Gasteiger partial charge in [0.15, 0.2) is 0 Å². The predicted molar refractivity (Wildman–Crippen MR) is 102 cm³/mol. The van der Waals surface area contributed by atoms with Gasteiger partial charge < -0.3 is 9.42 Å². The van der Waals surface area contributed by atoms with Gasteiger partial charge >= 0.3 is 0 Å². The molecule has 1 amide bonds. The molecule has 0 radical (unpaired) electrons. The van der Waals surface area contributed by atoms with Crippen molar-refractivity contribution in [3.05, 3.63) is 60.0 Å². The van der Waals surface area contributed by atoms with Gasteiger partial charge in [0, 0.05) is 29.1 Å². The number of benzene rings is 2. The SMILES string of the molecule is CSc1cccc(N2CC(c3nc(-c4ccc(C)cc4)no3)CC2=O)c1. The third-order valence-corrected chi connectivity index (χ3v) is 5.32. The normalized spacial score (nSPS) is 17.1. The Morgan fingerprint density at radius 3 is 2.77 bits per heavy atom. The lowest BCUT2D eigenvalue weighted by atomic mass is 10.1. The summed E-state index contributed by atoms with van der Waals surface area (Å²) in [4.78, 5) is 20.0. The average molecular weight is 365 g/mol. The molecule has 0 bridgehead atoms. The Hall–Kier alpha value is -2.60. The highest BCUT2D eigenvalue weighted by molar-refractivity contribution is 7.98. The standard InChI is InChI=1S/C20H19N3O2S/c1-13-6-8-14(9-7-13)19-21-20(25-22-19)15-10-18(24)23(12-15)16-4-3-5-17(11-16)26-2/h3-9,11,15H,10,12H2,1-2H3. The quantitative estimate of drug-likeness (QED) is 0.646. The summed E-state index contributed by atoms with van der Waals surface area (Å²) in [5.74, 6) is 1.10. The number of hydrogen-bond acceptors (Lipinski definition) is 5. The van der Waals surface area contributed by atoms with Crippen molar-refractivity contribution in [1.29, 1.82) is 0 Å². The first kappa shape index (κ1) is 16.8. The molecule has 6 heteroatoms. The van der Waals surface area contributed by atoms with Crippen LogP contribution in [0.2, 0.25) is 0 Å². The summed E-state index contributed by atoms with van der Waals surface area (Å²) in [6, 6.07) is 16.0. The fraction of sp³-hybridized carbons (Fsp3) is 0.250. The van der Waals surface area contributed by atoms with Gasteiger partial charge in [-0.1, -0.05) is 41.1 Å². The number of thioether (sulfide) groups is 1. The maximum absolute atomic E-state index is 12.5. The smallest absolute Gasteiger partial charge is 0.232 e. The molecule has 132 valence electrons. The van der Waals surface area contributed by atoms with Crippen LogP contribution in [0, 0.1) is 6.92 Å². The largest absolute Gasteiger partial charge is 0.339 e. The van der Waals surface area contributed by atoms with E-state index in [0.29, 0.717) is 24.7 Å². The highest BCUT2D eigenvalue weighted by Gasteiger charge is 2.35. The third-order valence-electron chi connectivity index (χ3n) is 4.59. The van der Waals surface area contributed by atoms with Gasteiger partial charge in [-0.15, -0.1) is 11.8 Å². The fourth-order valence-corrected chi connectivity index (χ4v) is 3.58. The van der Waals surface area contributed by atoms with E-state index in [4.69, 9.17) is 4.52 Å². The van der Waals surface area contributed by atoms with E-state index in [2.05, 4.69) is 10.1 Å². The van der Waals surface area contributed by atoms with Crippen molar-refractivity contribution in [3.8, 4) is 11.4 Å². The lowest BCUT2D eigenvalue weighted by Gasteiger charge is -2.16. The molecule has 4 rings (SSSR count). The topological polar surface area (TPSA) is 59.2 Å². The first-order chi connectivity index (χ1) is 12.6. The Morgan fingerprint density at radius 1 is 1.19 bits per heavy atom. The van der Waals surface area contributed by atoms with E-state index < -0.39 is 0 Å². The molecule has 2 aromatic carbocycles. The molecule has 0 N–H and O–H groups in total. The number of hydrogen-bond donors (Lipinski definition) is 0. The van der Waals surface area contributed by atoms with Crippen LogP contribution in [0.1, 0.15) is 23.8 Å². The molecule has 1 aliphatic rings. The number of nitrogens with zero attached hydrogens (tertiary/aromatic N) is 3. The molecule has 1 atom stereocenters. The summed E-state index contributed by atoms with van der Waals surface area (Å²) in [6.07, 6.45) is 2.41. The average Bonchev–Trinajstić information content (AvgIpc) is 3.29. The number of anilines is 1. The van der Waals surface area contributed by atoms with Gasteiger partial charge in [0.2, 0.25) is 17.6 Å². The molecule has 0 aliphatic carbocycles. The van der Waals surface area contributed by atoms with E-state index in [1.807, 2.05) is 61.7 Å². The number of rotatable bonds is 4. The predicted octanol–water partition coefficient (Wildman–Crippen LogP) is 4.29. The maximum Gasteiger partial charge on any atom is 0.232 e. The van der Waals surface area contributed by atoms with E-state index in [-0.39, 0.29) is 11.8 Å². The van der Waals surface area contributed by atoms with E-state index >= 15 is 0 Å². The lowest BCUT2D eigenvalue weighted by molar-refractivity contribution is -0.117. The Bertz CT molecular complexity index is 936. The van der Waals surface area contributed by atoms with Gasteiger partial charge in [-0.05, 0) is 31.4 Å². The molecule has 1 saturated heterocycles. The van der Waals surface area contributed by atoms with Crippen LogP contribution in [0.3, 0.4) is 0 Å². The minimum atomic E-state index is -0.0767. The second-order valence-corrected chi connectivity index (χ2v) is 7.31. The zero-order valence-corrected chi connectivity index (χ0v) is 15.5. The third kappa shape index (κ3) is 3.24. The molecule has 0 saturated carbocycles. The summed E-state index contributed by atoms with van der Waals surface area (Å²) < 4.78 is 5.47. The first-order valence-corrected chi connectivity index (χ1v) is 9.71. The second kappa shape index (κ2) is 6.96. The van der Waals surface area contributed by atoms with Crippen molar-refractivity contribution in [3.63, 3.8) is 0 Å². The van der Waals surface area contributed by atoms with Crippen LogP contribution in [0.4, 0.5) is 5.69 Å². The molecule has 2 heterocycles. The summed E-state index contributed by atoms with van der Waals surface area (Å²) in [5, 5.41) is 4.09. The van der Waals surface area contributed by atoms with Crippen molar-refractivity contribution in [2.75, 3.05) is 17.7 Å².